The minimum absolute atomic E-state index is 0.0840. The van der Waals surface area contributed by atoms with E-state index < -0.39 is 16.0 Å². The number of hydrogen-bond donors (Lipinski definition) is 1. The SMILES string of the molecule is CCCC[C@@H](CC)CNS(=O)(=O)c1cccc(C(=O)OC)c1. The largest absolute Gasteiger partial charge is 0.465 e. The summed E-state index contributed by atoms with van der Waals surface area (Å²) in [5, 5.41) is 0. The molecule has 0 aliphatic carbocycles. The molecule has 0 amide bonds. The number of sulfonamides is 1. The van der Waals surface area contributed by atoms with Gasteiger partial charge in [-0.15, -0.1) is 0 Å². The van der Waals surface area contributed by atoms with E-state index in [1.807, 2.05) is 0 Å². The quantitative estimate of drug-likeness (QED) is 0.708. The Morgan fingerprint density at radius 1 is 1.32 bits per heavy atom. The summed E-state index contributed by atoms with van der Waals surface area (Å²) >= 11 is 0. The number of methoxy groups -OCH3 is 1. The van der Waals surface area contributed by atoms with Crippen molar-refractivity contribution in [3.8, 4) is 0 Å². The third-order valence-corrected chi connectivity index (χ3v) is 5.09. The maximum absolute atomic E-state index is 12.3. The van der Waals surface area contributed by atoms with Gasteiger partial charge < -0.3 is 4.74 Å². The van der Waals surface area contributed by atoms with E-state index >= 15 is 0 Å². The molecule has 1 atom stereocenters. The topological polar surface area (TPSA) is 72.5 Å². The number of carbonyl (C=O) groups is 1. The third kappa shape index (κ3) is 5.42. The van der Waals surface area contributed by atoms with Crippen LogP contribution in [0.2, 0.25) is 0 Å². The van der Waals surface area contributed by atoms with Crippen LogP contribution in [0.15, 0.2) is 29.2 Å². The first kappa shape index (κ1) is 18.6. The predicted molar refractivity (Wildman–Crippen MR) is 86.3 cm³/mol. The van der Waals surface area contributed by atoms with Crippen molar-refractivity contribution in [3.05, 3.63) is 29.8 Å². The Bertz CT molecular complexity index is 584. The number of unbranched alkanes of at least 4 members (excludes halogenated alkanes) is 1. The first-order chi connectivity index (χ1) is 10.4. The van der Waals surface area contributed by atoms with Crippen LogP contribution in [0.3, 0.4) is 0 Å². The number of rotatable bonds is 9. The smallest absolute Gasteiger partial charge is 0.337 e. The number of esters is 1. The van der Waals surface area contributed by atoms with E-state index in [0.717, 1.165) is 25.7 Å². The van der Waals surface area contributed by atoms with Crippen LogP contribution in [0.25, 0.3) is 0 Å². The van der Waals surface area contributed by atoms with Crippen molar-refractivity contribution in [1.82, 2.24) is 4.72 Å². The summed E-state index contributed by atoms with van der Waals surface area (Å²) in [6, 6.07) is 5.87. The lowest BCUT2D eigenvalue weighted by molar-refractivity contribution is 0.0600. The molecule has 6 heteroatoms. The molecule has 1 aromatic carbocycles. The molecule has 0 fully saturated rings. The Balaban J connectivity index is 2.79. The van der Waals surface area contributed by atoms with Crippen LogP contribution >= 0.6 is 0 Å². The molecule has 22 heavy (non-hydrogen) atoms. The first-order valence-corrected chi connectivity index (χ1v) is 9.11. The van der Waals surface area contributed by atoms with Gasteiger partial charge in [-0.05, 0) is 30.5 Å². The Labute approximate surface area is 133 Å². The maximum atomic E-state index is 12.3. The molecule has 1 aromatic rings. The highest BCUT2D eigenvalue weighted by molar-refractivity contribution is 7.89. The number of carbonyl (C=O) groups excluding carboxylic acids is 1. The molecule has 0 unspecified atom stereocenters. The normalized spacial score (nSPS) is 12.9. The lowest BCUT2D eigenvalue weighted by Gasteiger charge is -2.15. The highest BCUT2D eigenvalue weighted by Gasteiger charge is 2.18. The molecule has 0 bridgehead atoms. The standard InChI is InChI=1S/C16H25NO4S/c1-4-6-8-13(5-2)12-17-22(19,20)15-10-7-9-14(11-15)16(18)21-3/h7,9-11,13,17H,4-6,8,12H2,1-3H3/t13-/m1/s1. The molecule has 0 saturated carbocycles. The summed E-state index contributed by atoms with van der Waals surface area (Å²) in [4.78, 5) is 11.6. The maximum Gasteiger partial charge on any atom is 0.337 e. The fraction of sp³-hybridized carbons (Fsp3) is 0.562. The van der Waals surface area contributed by atoms with E-state index in [0.29, 0.717) is 12.5 Å². The predicted octanol–water partition coefficient (Wildman–Crippen LogP) is 2.97. The summed E-state index contributed by atoms with van der Waals surface area (Å²) in [6.07, 6.45) is 4.14. The van der Waals surface area contributed by atoms with Gasteiger partial charge in [0.25, 0.3) is 0 Å². The zero-order valence-corrected chi connectivity index (χ0v) is 14.3. The van der Waals surface area contributed by atoms with Gasteiger partial charge in [0.1, 0.15) is 0 Å². The van der Waals surface area contributed by atoms with Crippen LogP contribution in [-0.4, -0.2) is 28.0 Å². The lowest BCUT2D eigenvalue weighted by Crippen LogP contribution is -2.29. The van der Waals surface area contributed by atoms with E-state index in [1.54, 1.807) is 0 Å². The minimum Gasteiger partial charge on any atom is -0.465 e. The van der Waals surface area contributed by atoms with Crippen LogP contribution in [0.5, 0.6) is 0 Å². The lowest BCUT2D eigenvalue weighted by atomic mass is 10.00. The molecule has 5 nitrogen and oxygen atoms in total. The molecular weight excluding hydrogens is 302 g/mol. The van der Waals surface area contributed by atoms with Crippen LogP contribution < -0.4 is 4.72 Å². The van der Waals surface area contributed by atoms with Gasteiger partial charge in [-0.3, -0.25) is 0 Å². The fourth-order valence-corrected chi connectivity index (χ4v) is 3.32. The van der Waals surface area contributed by atoms with Crippen molar-refractivity contribution < 1.29 is 17.9 Å². The Hall–Kier alpha value is -1.40. The van der Waals surface area contributed by atoms with Gasteiger partial charge in [0.2, 0.25) is 10.0 Å². The van der Waals surface area contributed by atoms with Crippen molar-refractivity contribution in [2.75, 3.05) is 13.7 Å². The second-order valence-corrected chi connectivity index (χ2v) is 7.05. The molecule has 1 rings (SSSR count). The van der Waals surface area contributed by atoms with Crippen LogP contribution in [-0.2, 0) is 14.8 Å². The zero-order chi connectivity index (χ0) is 16.6. The van der Waals surface area contributed by atoms with Crippen LogP contribution in [0, 0.1) is 5.92 Å². The monoisotopic (exact) mass is 327 g/mol. The third-order valence-electron chi connectivity index (χ3n) is 3.67. The summed E-state index contributed by atoms with van der Waals surface area (Å²) < 4.78 is 31.9. The van der Waals surface area contributed by atoms with Crippen LogP contribution in [0.1, 0.15) is 49.9 Å². The molecule has 0 heterocycles. The number of hydrogen-bond acceptors (Lipinski definition) is 4. The molecule has 0 radical (unpaired) electrons. The molecule has 0 aromatic heterocycles. The number of ether oxygens (including phenoxy) is 1. The number of nitrogens with one attached hydrogen (secondary N) is 1. The molecule has 124 valence electrons. The Morgan fingerprint density at radius 2 is 2.05 bits per heavy atom. The van der Waals surface area contributed by atoms with E-state index in [1.165, 1.54) is 31.4 Å². The van der Waals surface area contributed by atoms with Gasteiger partial charge >= 0.3 is 5.97 Å². The van der Waals surface area contributed by atoms with E-state index in [9.17, 15) is 13.2 Å². The van der Waals surface area contributed by atoms with Gasteiger partial charge in [0, 0.05) is 6.54 Å². The summed E-state index contributed by atoms with van der Waals surface area (Å²) in [5.41, 5.74) is 0.225. The molecule has 0 saturated heterocycles. The molecule has 0 aliphatic heterocycles. The van der Waals surface area contributed by atoms with Gasteiger partial charge in [-0.2, -0.15) is 0 Å². The van der Waals surface area contributed by atoms with Crippen LogP contribution in [0.4, 0.5) is 0 Å². The van der Waals surface area contributed by atoms with Crippen molar-refractivity contribution in [1.29, 1.82) is 0 Å². The zero-order valence-electron chi connectivity index (χ0n) is 13.5. The van der Waals surface area contributed by atoms with Crippen molar-refractivity contribution in [2.24, 2.45) is 5.92 Å². The van der Waals surface area contributed by atoms with E-state index in [-0.39, 0.29) is 10.5 Å². The van der Waals surface area contributed by atoms with Gasteiger partial charge in [-0.1, -0.05) is 39.2 Å². The van der Waals surface area contributed by atoms with Gasteiger partial charge in [-0.25, -0.2) is 17.9 Å². The molecular formula is C16H25NO4S. The average Bonchev–Trinajstić information content (AvgIpc) is 2.54. The summed E-state index contributed by atoms with van der Waals surface area (Å²) in [5.74, 6) is -0.218. The second kappa shape index (κ2) is 8.90. The summed E-state index contributed by atoms with van der Waals surface area (Å²) in [6.45, 7) is 4.60. The van der Waals surface area contributed by atoms with Crippen molar-refractivity contribution >= 4 is 16.0 Å². The van der Waals surface area contributed by atoms with E-state index in [2.05, 4.69) is 23.3 Å². The first-order valence-electron chi connectivity index (χ1n) is 7.62. The Kier molecular flexibility index (Phi) is 7.55. The highest BCUT2D eigenvalue weighted by Crippen LogP contribution is 2.15. The average molecular weight is 327 g/mol. The van der Waals surface area contributed by atoms with Crippen molar-refractivity contribution in [2.45, 2.75) is 44.4 Å². The van der Waals surface area contributed by atoms with Crippen molar-refractivity contribution in [3.63, 3.8) is 0 Å². The molecule has 0 aliphatic rings. The number of benzene rings is 1. The molecule has 0 spiro atoms. The van der Waals surface area contributed by atoms with Gasteiger partial charge in [0.05, 0.1) is 17.6 Å². The highest BCUT2D eigenvalue weighted by atomic mass is 32.2. The second-order valence-electron chi connectivity index (χ2n) is 5.29. The summed E-state index contributed by atoms with van der Waals surface area (Å²) in [7, 11) is -2.35. The fourth-order valence-electron chi connectivity index (χ4n) is 2.16. The minimum atomic E-state index is -3.61. The van der Waals surface area contributed by atoms with Gasteiger partial charge in [0.15, 0.2) is 0 Å². The van der Waals surface area contributed by atoms with E-state index in [4.69, 9.17) is 0 Å². The Morgan fingerprint density at radius 3 is 2.64 bits per heavy atom. The molecule has 1 N–H and O–H groups in total.